The lowest BCUT2D eigenvalue weighted by atomic mass is 10.1. The van der Waals surface area contributed by atoms with Crippen LogP contribution in [0.15, 0.2) is 18.2 Å². The molecule has 0 bridgehead atoms. The fraction of sp³-hybridized carbons (Fsp3) is 0.417. The average Bonchev–Trinajstić information content (AvgIpc) is 2.79. The summed E-state index contributed by atoms with van der Waals surface area (Å²) in [7, 11) is 0. The number of ether oxygens (including phenoxy) is 1. The Morgan fingerprint density at radius 2 is 2.44 bits per heavy atom. The predicted molar refractivity (Wildman–Crippen MR) is 58.6 cm³/mol. The monoisotopic (exact) mass is 220 g/mol. The van der Waals surface area contributed by atoms with Crippen molar-refractivity contribution in [2.45, 2.75) is 18.9 Å². The van der Waals surface area contributed by atoms with Crippen molar-refractivity contribution in [2.24, 2.45) is 0 Å². The molecular formula is C12H13FN2O. The molecular weight excluding hydrogens is 207 g/mol. The van der Waals surface area contributed by atoms with E-state index in [-0.39, 0.29) is 11.7 Å². The fourth-order valence-corrected chi connectivity index (χ4v) is 1.81. The molecule has 84 valence electrons. The van der Waals surface area contributed by atoms with Crippen LogP contribution in [-0.4, -0.2) is 19.3 Å². The molecule has 3 nitrogen and oxygen atoms in total. The van der Waals surface area contributed by atoms with Crippen molar-refractivity contribution in [1.82, 2.24) is 0 Å². The van der Waals surface area contributed by atoms with E-state index in [2.05, 4.69) is 5.32 Å². The van der Waals surface area contributed by atoms with Gasteiger partial charge in [0, 0.05) is 13.2 Å². The van der Waals surface area contributed by atoms with E-state index in [0.29, 0.717) is 12.2 Å². The second-order valence-corrected chi connectivity index (χ2v) is 3.79. The second-order valence-electron chi connectivity index (χ2n) is 3.79. The van der Waals surface area contributed by atoms with Crippen LogP contribution < -0.4 is 5.32 Å². The van der Waals surface area contributed by atoms with E-state index in [4.69, 9.17) is 10.00 Å². The van der Waals surface area contributed by atoms with Gasteiger partial charge in [-0.1, -0.05) is 6.07 Å². The van der Waals surface area contributed by atoms with Gasteiger partial charge in [-0.15, -0.1) is 0 Å². The molecule has 1 aliphatic heterocycles. The van der Waals surface area contributed by atoms with Gasteiger partial charge in [-0.25, -0.2) is 4.39 Å². The number of benzene rings is 1. The third-order valence-electron chi connectivity index (χ3n) is 2.67. The van der Waals surface area contributed by atoms with Gasteiger partial charge in [0.05, 0.1) is 11.8 Å². The summed E-state index contributed by atoms with van der Waals surface area (Å²) in [6.07, 6.45) is 2.26. The lowest BCUT2D eigenvalue weighted by Gasteiger charge is -2.12. The van der Waals surface area contributed by atoms with Gasteiger partial charge in [-0.05, 0) is 25.0 Å². The topological polar surface area (TPSA) is 45.0 Å². The third-order valence-corrected chi connectivity index (χ3v) is 2.67. The molecule has 1 aliphatic rings. The lowest BCUT2D eigenvalue weighted by molar-refractivity contribution is 0.120. The van der Waals surface area contributed by atoms with E-state index in [0.717, 1.165) is 19.4 Å². The van der Waals surface area contributed by atoms with E-state index in [1.165, 1.54) is 6.07 Å². The molecule has 0 saturated carbocycles. The molecule has 2 rings (SSSR count). The largest absolute Gasteiger partial charge is 0.381 e. The van der Waals surface area contributed by atoms with Crippen LogP contribution in [0.4, 0.5) is 10.1 Å². The zero-order chi connectivity index (χ0) is 11.4. The molecule has 0 unspecified atom stereocenters. The molecule has 1 saturated heterocycles. The minimum absolute atomic E-state index is 0.0699. The van der Waals surface area contributed by atoms with E-state index in [9.17, 15) is 4.39 Å². The highest BCUT2D eigenvalue weighted by Gasteiger charge is 2.16. The van der Waals surface area contributed by atoms with E-state index >= 15 is 0 Å². The first-order chi connectivity index (χ1) is 7.81. The van der Waals surface area contributed by atoms with Crippen LogP contribution in [0.5, 0.6) is 0 Å². The van der Waals surface area contributed by atoms with Crippen LogP contribution in [0.2, 0.25) is 0 Å². The highest BCUT2D eigenvalue weighted by Crippen LogP contribution is 2.19. The number of hydrogen-bond acceptors (Lipinski definition) is 3. The quantitative estimate of drug-likeness (QED) is 0.850. The zero-order valence-electron chi connectivity index (χ0n) is 8.87. The van der Waals surface area contributed by atoms with Crippen LogP contribution in [0.1, 0.15) is 18.4 Å². The van der Waals surface area contributed by atoms with Gasteiger partial charge in [0.2, 0.25) is 0 Å². The van der Waals surface area contributed by atoms with Crippen LogP contribution in [0, 0.1) is 17.1 Å². The van der Waals surface area contributed by atoms with Crippen LogP contribution in [0.25, 0.3) is 0 Å². The van der Waals surface area contributed by atoms with Gasteiger partial charge in [0.15, 0.2) is 0 Å². The highest BCUT2D eigenvalue weighted by molar-refractivity contribution is 5.57. The number of nitrogens with one attached hydrogen (secondary N) is 1. The Morgan fingerprint density at radius 1 is 1.56 bits per heavy atom. The molecule has 16 heavy (non-hydrogen) atoms. The van der Waals surface area contributed by atoms with Gasteiger partial charge in [0.25, 0.3) is 0 Å². The number of rotatable bonds is 3. The minimum Gasteiger partial charge on any atom is -0.381 e. The molecule has 1 atom stereocenters. The van der Waals surface area contributed by atoms with Gasteiger partial charge in [-0.2, -0.15) is 5.26 Å². The summed E-state index contributed by atoms with van der Waals surface area (Å²) in [5.74, 6) is -0.486. The first-order valence-corrected chi connectivity index (χ1v) is 5.35. The minimum atomic E-state index is -0.486. The molecule has 0 aromatic heterocycles. The summed E-state index contributed by atoms with van der Waals surface area (Å²) in [5, 5.41) is 11.9. The Labute approximate surface area is 93.8 Å². The summed E-state index contributed by atoms with van der Waals surface area (Å²) in [5.41, 5.74) is 0.610. The Bertz CT molecular complexity index is 408. The standard InChI is InChI=1S/C12H13FN2O/c13-11-4-1-5-12(10(11)7-14)15-8-9-3-2-6-16-9/h1,4-5,9,15H,2-3,6,8H2/t9-/m1/s1. The molecule has 0 amide bonds. The molecule has 1 aromatic rings. The first kappa shape index (κ1) is 10.9. The maximum atomic E-state index is 13.3. The van der Waals surface area contributed by atoms with Gasteiger partial charge >= 0.3 is 0 Å². The van der Waals surface area contributed by atoms with Gasteiger partial charge < -0.3 is 10.1 Å². The number of halogens is 1. The van der Waals surface area contributed by atoms with E-state index in [1.807, 2.05) is 6.07 Å². The molecule has 0 radical (unpaired) electrons. The van der Waals surface area contributed by atoms with Crippen molar-refractivity contribution < 1.29 is 9.13 Å². The van der Waals surface area contributed by atoms with Gasteiger partial charge in [0.1, 0.15) is 17.4 Å². The molecule has 1 fully saturated rings. The normalized spacial score (nSPS) is 19.4. The Hall–Kier alpha value is -1.60. The molecule has 1 aromatic carbocycles. The summed E-state index contributed by atoms with van der Waals surface area (Å²) < 4.78 is 18.7. The van der Waals surface area contributed by atoms with Crippen LogP contribution in [0.3, 0.4) is 0 Å². The lowest BCUT2D eigenvalue weighted by Crippen LogP contribution is -2.19. The highest BCUT2D eigenvalue weighted by atomic mass is 19.1. The second kappa shape index (κ2) is 4.95. The van der Waals surface area contributed by atoms with E-state index in [1.54, 1.807) is 12.1 Å². The molecule has 0 spiro atoms. The number of nitriles is 1. The van der Waals surface area contributed by atoms with E-state index < -0.39 is 5.82 Å². The van der Waals surface area contributed by atoms with Crippen LogP contribution in [-0.2, 0) is 4.74 Å². The molecule has 0 aliphatic carbocycles. The van der Waals surface area contributed by atoms with Gasteiger partial charge in [-0.3, -0.25) is 0 Å². The Balaban J connectivity index is 2.03. The number of anilines is 1. The van der Waals surface area contributed by atoms with Crippen molar-refractivity contribution >= 4 is 5.69 Å². The van der Waals surface area contributed by atoms with Crippen molar-refractivity contribution in [3.05, 3.63) is 29.6 Å². The fourth-order valence-electron chi connectivity index (χ4n) is 1.81. The predicted octanol–water partition coefficient (Wildman–Crippen LogP) is 2.29. The zero-order valence-corrected chi connectivity index (χ0v) is 8.87. The SMILES string of the molecule is N#Cc1c(F)cccc1NC[C@H]1CCCO1. The Morgan fingerprint density at radius 3 is 3.12 bits per heavy atom. The first-order valence-electron chi connectivity index (χ1n) is 5.35. The Kier molecular flexibility index (Phi) is 3.37. The summed E-state index contributed by atoms with van der Waals surface area (Å²) in [6.45, 7) is 1.42. The maximum absolute atomic E-state index is 13.3. The molecule has 4 heteroatoms. The van der Waals surface area contributed by atoms with Crippen molar-refractivity contribution in [2.75, 3.05) is 18.5 Å². The maximum Gasteiger partial charge on any atom is 0.143 e. The summed E-state index contributed by atoms with van der Waals surface area (Å²) >= 11 is 0. The molecule has 1 heterocycles. The smallest absolute Gasteiger partial charge is 0.143 e. The number of hydrogen-bond donors (Lipinski definition) is 1. The van der Waals surface area contributed by atoms with Crippen molar-refractivity contribution in [3.63, 3.8) is 0 Å². The van der Waals surface area contributed by atoms with Crippen molar-refractivity contribution in [3.8, 4) is 6.07 Å². The number of nitrogens with zero attached hydrogens (tertiary/aromatic N) is 1. The molecule has 1 N–H and O–H groups in total. The van der Waals surface area contributed by atoms with Crippen LogP contribution >= 0.6 is 0 Å². The third kappa shape index (κ3) is 2.31. The van der Waals surface area contributed by atoms with Crippen molar-refractivity contribution in [1.29, 1.82) is 5.26 Å². The summed E-state index contributed by atoms with van der Waals surface area (Å²) in [6, 6.07) is 6.44. The summed E-state index contributed by atoms with van der Waals surface area (Å²) in [4.78, 5) is 0. The average molecular weight is 220 g/mol.